The normalized spacial score (nSPS) is 20.8. The number of carboxylic acid groups (broad SMARTS) is 1. The lowest BCUT2D eigenvalue weighted by atomic mass is 10.1. The van der Waals surface area contributed by atoms with Crippen LogP contribution in [0.1, 0.15) is 24.8 Å². The molecular weight excluding hydrogens is 285 g/mol. The molecule has 0 unspecified atom stereocenters. The Morgan fingerprint density at radius 3 is 2.75 bits per heavy atom. The minimum atomic E-state index is -4.00. The molecule has 0 saturated carbocycles. The minimum Gasteiger partial charge on any atom is -0.480 e. The van der Waals surface area contributed by atoms with Crippen LogP contribution in [0.2, 0.25) is 0 Å². The number of carboxylic acids is 1. The third kappa shape index (κ3) is 2.69. The molecule has 0 spiro atoms. The van der Waals surface area contributed by atoms with E-state index in [0.29, 0.717) is 18.4 Å². The van der Waals surface area contributed by atoms with Crippen molar-refractivity contribution >= 4 is 16.0 Å². The Balaban J connectivity index is 2.47. The van der Waals surface area contributed by atoms with E-state index in [2.05, 4.69) is 0 Å². The van der Waals surface area contributed by atoms with Crippen LogP contribution < -0.4 is 0 Å². The van der Waals surface area contributed by atoms with E-state index in [1.807, 2.05) is 0 Å². The third-order valence-corrected chi connectivity index (χ3v) is 5.53. The summed E-state index contributed by atoms with van der Waals surface area (Å²) in [5.74, 6) is -1.82. The van der Waals surface area contributed by atoms with Gasteiger partial charge in [0.15, 0.2) is 0 Å². The van der Waals surface area contributed by atoms with Gasteiger partial charge in [-0.05, 0) is 43.9 Å². The number of aliphatic carboxylic acids is 1. The van der Waals surface area contributed by atoms with Gasteiger partial charge in [-0.2, -0.15) is 4.31 Å². The molecule has 5 nitrogen and oxygen atoms in total. The van der Waals surface area contributed by atoms with Gasteiger partial charge >= 0.3 is 5.97 Å². The second-order valence-corrected chi connectivity index (χ2v) is 6.73. The molecule has 1 fully saturated rings. The molecule has 7 heteroatoms. The monoisotopic (exact) mass is 301 g/mol. The van der Waals surface area contributed by atoms with Crippen molar-refractivity contribution in [2.24, 2.45) is 0 Å². The molecule has 2 rings (SSSR count). The summed E-state index contributed by atoms with van der Waals surface area (Å²) in [6, 6.07) is 2.43. The summed E-state index contributed by atoms with van der Waals surface area (Å²) in [5, 5.41) is 9.16. The van der Waals surface area contributed by atoms with Gasteiger partial charge in [-0.15, -0.1) is 0 Å². The lowest BCUT2D eigenvalue weighted by Gasteiger charge is -2.32. The number of rotatable bonds is 3. The number of nitrogens with zero attached hydrogens (tertiary/aromatic N) is 1. The van der Waals surface area contributed by atoms with Crippen LogP contribution in [0.3, 0.4) is 0 Å². The van der Waals surface area contributed by atoms with Crippen molar-refractivity contribution in [1.82, 2.24) is 4.31 Å². The zero-order valence-electron chi connectivity index (χ0n) is 11.0. The fraction of sp³-hybridized carbons (Fsp3) is 0.462. The van der Waals surface area contributed by atoms with E-state index < -0.39 is 27.9 Å². The van der Waals surface area contributed by atoms with E-state index in [4.69, 9.17) is 5.11 Å². The number of benzene rings is 1. The van der Waals surface area contributed by atoms with Crippen LogP contribution in [-0.2, 0) is 14.8 Å². The van der Waals surface area contributed by atoms with Crippen molar-refractivity contribution in [3.63, 3.8) is 0 Å². The maximum atomic E-state index is 13.3. The van der Waals surface area contributed by atoms with E-state index in [0.717, 1.165) is 10.4 Å². The Morgan fingerprint density at radius 2 is 2.10 bits per heavy atom. The summed E-state index contributed by atoms with van der Waals surface area (Å²) in [6.45, 7) is 1.71. The van der Waals surface area contributed by atoms with Gasteiger partial charge in [0, 0.05) is 6.54 Å². The van der Waals surface area contributed by atoms with Gasteiger partial charge in [-0.25, -0.2) is 12.8 Å². The molecule has 0 aromatic heterocycles. The Morgan fingerprint density at radius 1 is 1.40 bits per heavy atom. The Bertz CT molecular complexity index is 629. The second kappa shape index (κ2) is 5.49. The van der Waals surface area contributed by atoms with E-state index in [9.17, 15) is 17.6 Å². The molecule has 20 heavy (non-hydrogen) atoms. The molecule has 1 aromatic rings. The first-order valence-corrected chi connectivity index (χ1v) is 7.79. The first-order valence-electron chi connectivity index (χ1n) is 6.35. The highest BCUT2D eigenvalue weighted by Crippen LogP contribution is 2.27. The van der Waals surface area contributed by atoms with Gasteiger partial charge in [-0.3, -0.25) is 4.79 Å². The minimum absolute atomic E-state index is 0.148. The van der Waals surface area contributed by atoms with Gasteiger partial charge in [0.25, 0.3) is 0 Å². The van der Waals surface area contributed by atoms with E-state index in [-0.39, 0.29) is 17.9 Å². The number of hydrogen-bond donors (Lipinski definition) is 1. The third-order valence-electron chi connectivity index (χ3n) is 3.48. The van der Waals surface area contributed by atoms with Crippen LogP contribution >= 0.6 is 0 Å². The van der Waals surface area contributed by atoms with Crippen LogP contribution in [0, 0.1) is 12.7 Å². The molecule has 1 saturated heterocycles. The summed E-state index contributed by atoms with van der Waals surface area (Å²) in [5.41, 5.74) is 0.404. The first-order chi connectivity index (χ1) is 9.34. The molecular formula is C13H16FNO4S. The summed E-state index contributed by atoms with van der Waals surface area (Å²) >= 11 is 0. The zero-order valence-corrected chi connectivity index (χ0v) is 11.9. The number of halogens is 1. The quantitative estimate of drug-likeness (QED) is 0.923. The topological polar surface area (TPSA) is 74.7 Å². The number of sulfonamides is 1. The molecule has 1 N–H and O–H groups in total. The summed E-state index contributed by atoms with van der Waals surface area (Å²) in [7, 11) is -4.00. The maximum Gasteiger partial charge on any atom is 0.322 e. The molecule has 1 aromatic carbocycles. The van der Waals surface area contributed by atoms with Gasteiger partial charge in [0.1, 0.15) is 11.9 Å². The highest BCUT2D eigenvalue weighted by molar-refractivity contribution is 7.89. The van der Waals surface area contributed by atoms with Crippen LogP contribution in [0.25, 0.3) is 0 Å². The molecule has 1 heterocycles. The largest absolute Gasteiger partial charge is 0.480 e. The first kappa shape index (κ1) is 14.9. The molecule has 1 atom stereocenters. The highest BCUT2D eigenvalue weighted by atomic mass is 32.2. The molecule has 0 radical (unpaired) electrons. The summed E-state index contributed by atoms with van der Waals surface area (Å²) < 4.78 is 39.4. The van der Waals surface area contributed by atoms with Crippen molar-refractivity contribution < 1.29 is 22.7 Å². The van der Waals surface area contributed by atoms with Crippen molar-refractivity contribution in [3.8, 4) is 0 Å². The fourth-order valence-corrected chi connectivity index (χ4v) is 4.31. The van der Waals surface area contributed by atoms with Gasteiger partial charge in [0.2, 0.25) is 10.0 Å². The number of hydrogen-bond acceptors (Lipinski definition) is 3. The molecule has 1 aliphatic rings. The van der Waals surface area contributed by atoms with Gasteiger partial charge in [-0.1, -0.05) is 6.07 Å². The van der Waals surface area contributed by atoms with Crippen LogP contribution in [0.4, 0.5) is 4.39 Å². The van der Waals surface area contributed by atoms with Gasteiger partial charge < -0.3 is 5.11 Å². The van der Waals surface area contributed by atoms with E-state index >= 15 is 0 Å². The average Bonchev–Trinajstić information content (AvgIpc) is 2.41. The van der Waals surface area contributed by atoms with E-state index in [1.54, 1.807) is 6.92 Å². The standard InChI is InChI=1S/C13H16FNO4S/c1-9-5-6-10(14)8-12(9)20(18,19)15-7-3-2-4-11(15)13(16)17/h5-6,8,11H,2-4,7H2,1H3,(H,16,17)/t11-/m1/s1. The second-order valence-electron chi connectivity index (χ2n) is 4.88. The fourth-order valence-electron chi connectivity index (χ4n) is 2.42. The molecule has 110 valence electrons. The number of carbonyl (C=O) groups is 1. The van der Waals surface area contributed by atoms with Crippen LogP contribution in [-0.4, -0.2) is 36.4 Å². The SMILES string of the molecule is Cc1ccc(F)cc1S(=O)(=O)N1CCCC[C@@H]1C(=O)O. The number of aryl methyl sites for hydroxylation is 1. The van der Waals surface area contributed by atoms with Gasteiger partial charge in [0.05, 0.1) is 4.90 Å². The van der Waals surface area contributed by atoms with Crippen molar-refractivity contribution in [2.75, 3.05) is 6.54 Å². The maximum absolute atomic E-state index is 13.3. The lowest BCUT2D eigenvalue weighted by molar-refractivity contribution is -0.142. The highest BCUT2D eigenvalue weighted by Gasteiger charge is 2.38. The molecule has 0 aliphatic carbocycles. The van der Waals surface area contributed by atoms with Crippen molar-refractivity contribution in [2.45, 2.75) is 37.1 Å². The number of piperidine rings is 1. The Hall–Kier alpha value is -1.47. The molecule has 0 amide bonds. The predicted molar refractivity (Wildman–Crippen MR) is 70.3 cm³/mol. The molecule has 0 bridgehead atoms. The van der Waals surface area contributed by atoms with Crippen molar-refractivity contribution in [3.05, 3.63) is 29.6 Å². The Labute approximate surface area is 117 Å². The van der Waals surface area contributed by atoms with Crippen LogP contribution in [0.5, 0.6) is 0 Å². The molecule has 1 aliphatic heterocycles. The lowest BCUT2D eigenvalue weighted by Crippen LogP contribution is -2.47. The predicted octanol–water partition coefficient (Wildman–Crippen LogP) is 1.76. The van der Waals surface area contributed by atoms with E-state index in [1.165, 1.54) is 12.1 Å². The van der Waals surface area contributed by atoms with Crippen LogP contribution in [0.15, 0.2) is 23.1 Å². The summed E-state index contributed by atoms with van der Waals surface area (Å²) in [6.07, 6.45) is 1.56. The van der Waals surface area contributed by atoms with Crippen molar-refractivity contribution in [1.29, 1.82) is 0 Å². The average molecular weight is 301 g/mol. The zero-order chi connectivity index (χ0) is 14.9. The Kier molecular flexibility index (Phi) is 4.10. The summed E-state index contributed by atoms with van der Waals surface area (Å²) in [4.78, 5) is 11.1. The smallest absolute Gasteiger partial charge is 0.322 e.